The summed E-state index contributed by atoms with van der Waals surface area (Å²) in [5.41, 5.74) is -1.17. The summed E-state index contributed by atoms with van der Waals surface area (Å²) >= 11 is 0. The van der Waals surface area contributed by atoms with Gasteiger partial charge in [-0.2, -0.15) is 0 Å². The van der Waals surface area contributed by atoms with E-state index in [9.17, 15) is 0 Å². The molecule has 4 aliphatic rings. The zero-order valence-corrected chi connectivity index (χ0v) is 24.6. The lowest BCUT2D eigenvalue weighted by Gasteiger charge is -2.34. The first kappa shape index (κ1) is 29.7. The topological polar surface area (TPSA) is 87.0 Å². The fraction of sp³-hybridized carbons (Fsp3) is 1.00. The molecule has 4 fully saturated rings. The predicted octanol–water partition coefficient (Wildman–Crippen LogP) is 4.31. The Morgan fingerprint density at radius 1 is 0.459 bits per heavy atom. The Morgan fingerprint density at radius 3 is 0.784 bits per heavy atom. The normalized spacial score (nSPS) is 43.5. The van der Waals surface area contributed by atoms with E-state index in [0.717, 1.165) is 25.7 Å². The van der Waals surface area contributed by atoms with Gasteiger partial charge in [-0.3, -0.25) is 0 Å². The van der Waals surface area contributed by atoms with Crippen molar-refractivity contribution < 1.29 is 37.9 Å². The van der Waals surface area contributed by atoms with Crippen LogP contribution in [0.3, 0.4) is 0 Å². The van der Waals surface area contributed by atoms with Gasteiger partial charge in [0.2, 0.25) is 0 Å². The van der Waals surface area contributed by atoms with E-state index in [2.05, 4.69) is 55.4 Å². The summed E-state index contributed by atoms with van der Waals surface area (Å²) in [5, 5.41) is 0. The molecule has 0 radical (unpaired) electrons. The molecule has 4 aliphatic heterocycles. The Labute approximate surface area is 224 Å². The zero-order valence-electron chi connectivity index (χ0n) is 24.6. The van der Waals surface area contributed by atoms with Crippen LogP contribution in [-0.4, -0.2) is 99.7 Å². The molecule has 37 heavy (non-hydrogen) atoms. The van der Waals surface area contributed by atoms with Crippen molar-refractivity contribution in [2.75, 3.05) is 52.9 Å². The summed E-state index contributed by atoms with van der Waals surface area (Å²) in [5.74, 6) is 0. The Morgan fingerprint density at radius 2 is 0.649 bits per heavy atom. The minimum Gasteiger partial charge on any atom is -0.377 e. The molecule has 0 aromatic heterocycles. The van der Waals surface area contributed by atoms with Gasteiger partial charge in [-0.1, -0.05) is 27.7 Å². The van der Waals surface area contributed by atoms with E-state index in [1.807, 2.05) is 0 Å². The minimum atomic E-state index is -0.472. The van der Waals surface area contributed by atoms with Crippen molar-refractivity contribution in [3.63, 3.8) is 0 Å². The van der Waals surface area contributed by atoms with E-state index in [4.69, 9.17) is 37.9 Å². The van der Waals surface area contributed by atoms with Gasteiger partial charge >= 0.3 is 0 Å². The fourth-order valence-corrected chi connectivity index (χ4v) is 5.78. The van der Waals surface area contributed by atoms with Gasteiger partial charge in [-0.15, -0.1) is 0 Å². The molecule has 8 heteroatoms. The second-order valence-corrected chi connectivity index (χ2v) is 12.2. The molecule has 4 saturated heterocycles. The minimum absolute atomic E-state index is 0.176. The second kappa shape index (κ2) is 11.3. The fourth-order valence-electron chi connectivity index (χ4n) is 5.78. The van der Waals surface area contributed by atoms with Gasteiger partial charge in [0.05, 0.1) is 82.7 Å². The van der Waals surface area contributed by atoms with Crippen molar-refractivity contribution in [3.05, 3.63) is 0 Å². The molecular weight excluding hydrogens is 476 g/mol. The largest absolute Gasteiger partial charge is 0.377 e. The van der Waals surface area contributed by atoms with E-state index in [1.165, 1.54) is 0 Å². The van der Waals surface area contributed by atoms with Crippen LogP contribution in [0.25, 0.3) is 0 Å². The van der Waals surface area contributed by atoms with E-state index >= 15 is 0 Å². The lowest BCUT2D eigenvalue weighted by Crippen LogP contribution is -2.45. The van der Waals surface area contributed by atoms with E-state index in [0.29, 0.717) is 52.9 Å². The third-order valence-electron chi connectivity index (χ3n) is 9.79. The smallest absolute Gasteiger partial charge is 0.117 e. The average molecular weight is 529 g/mol. The first-order valence-corrected chi connectivity index (χ1v) is 14.6. The molecule has 4 rings (SSSR count). The molecule has 216 valence electrons. The summed E-state index contributed by atoms with van der Waals surface area (Å²) in [6.07, 6.45) is 4.63. The van der Waals surface area contributed by atoms with Crippen LogP contribution in [0.1, 0.15) is 81.1 Å². The van der Waals surface area contributed by atoms with Crippen molar-refractivity contribution in [2.24, 2.45) is 5.41 Å². The molecule has 0 aromatic carbocycles. The number of epoxide rings is 4. The van der Waals surface area contributed by atoms with Gasteiger partial charge in [-0.05, 0) is 53.4 Å². The first-order chi connectivity index (χ1) is 17.6. The first-order valence-electron chi connectivity index (χ1n) is 14.6. The van der Waals surface area contributed by atoms with Crippen molar-refractivity contribution in [3.8, 4) is 0 Å². The van der Waals surface area contributed by atoms with Crippen molar-refractivity contribution in [1.29, 1.82) is 0 Å². The van der Waals surface area contributed by atoms with E-state index in [1.54, 1.807) is 0 Å². The molecule has 8 nitrogen and oxygen atoms in total. The Bertz CT molecular complexity index is 623. The number of rotatable bonds is 20. The van der Waals surface area contributed by atoms with Crippen LogP contribution >= 0.6 is 0 Å². The summed E-state index contributed by atoms with van der Waals surface area (Å²) in [6, 6.07) is 0. The van der Waals surface area contributed by atoms with Crippen LogP contribution in [0.5, 0.6) is 0 Å². The average Bonchev–Trinajstić information content (AvgIpc) is 3.83. The SMILES string of the molecule is CCC1(COCC(COCC2(CC)OC2C)(COCC2(CC)OC2C)COCC2(CC)OC2C)OC1C. The van der Waals surface area contributed by atoms with Gasteiger partial charge < -0.3 is 37.9 Å². The van der Waals surface area contributed by atoms with Crippen LogP contribution in [0.4, 0.5) is 0 Å². The maximum Gasteiger partial charge on any atom is 0.117 e. The number of ether oxygens (including phenoxy) is 8. The van der Waals surface area contributed by atoms with Crippen LogP contribution < -0.4 is 0 Å². The molecule has 0 aromatic rings. The Hall–Kier alpha value is -0.320. The lowest BCUT2D eigenvalue weighted by atomic mass is 9.91. The molecule has 0 saturated carbocycles. The molecule has 0 amide bonds. The molecular formula is C29H52O8. The number of hydrogen-bond donors (Lipinski definition) is 0. The molecule has 0 aliphatic carbocycles. The molecule has 0 bridgehead atoms. The highest BCUT2D eigenvalue weighted by atomic mass is 16.7. The highest BCUT2D eigenvalue weighted by molar-refractivity contribution is 5.02. The second-order valence-electron chi connectivity index (χ2n) is 12.2. The van der Waals surface area contributed by atoms with Crippen molar-refractivity contribution in [2.45, 2.75) is 128 Å². The summed E-state index contributed by atoms with van der Waals surface area (Å²) in [6.45, 7) is 21.1. The van der Waals surface area contributed by atoms with Crippen LogP contribution in [-0.2, 0) is 37.9 Å². The van der Waals surface area contributed by atoms with Gasteiger partial charge in [0.15, 0.2) is 0 Å². The van der Waals surface area contributed by atoms with Gasteiger partial charge in [0.25, 0.3) is 0 Å². The third kappa shape index (κ3) is 6.37. The third-order valence-corrected chi connectivity index (χ3v) is 9.79. The van der Waals surface area contributed by atoms with E-state index < -0.39 is 5.41 Å². The maximum atomic E-state index is 6.37. The highest BCUT2D eigenvalue weighted by Gasteiger charge is 2.55. The predicted molar refractivity (Wildman–Crippen MR) is 140 cm³/mol. The monoisotopic (exact) mass is 528 g/mol. The summed E-state index contributed by atoms with van der Waals surface area (Å²) in [7, 11) is 0. The quantitative estimate of drug-likeness (QED) is 0.216. The van der Waals surface area contributed by atoms with Crippen LogP contribution in [0, 0.1) is 5.41 Å². The summed E-state index contributed by atoms with van der Waals surface area (Å²) in [4.78, 5) is 0. The summed E-state index contributed by atoms with van der Waals surface area (Å²) < 4.78 is 49.0. The lowest BCUT2D eigenvalue weighted by molar-refractivity contribution is -0.123. The van der Waals surface area contributed by atoms with Crippen LogP contribution in [0.15, 0.2) is 0 Å². The van der Waals surface area contributed by atoms with Gasteiger partial charge in [-0.25, -0.2) is 0 Å². The van der Waals surface area contributed by atoms with Gasteiger partial charge in [0, 0.05) is 0 Å². The Kier molecular flexibility index (Phi) is 9.04. The maximum absolute atomic E-state index is 6.37. The highest BCUT2D eigenvalue weighted by Crippen LogP contribution is 2.43. The van der Waals surface area contributed by atoms with Gasteiger partial charge in [0.1, 0.15) is 22.4 Å². The molecule has 8 unspecified atom stereocenters. The molecule has 8 atom stereocenters. The zero-order chi connectivity index (χ0) is 27.0. The van der Waals surface area contributed by atoms with E-state index in [-0.39, 0.29) is 46.8 Å². The number of hydrogen-bond acceptors (Lipinski definition) is 8. The van der Waals surface area contributed by atoms with Crippen molar-refractivity contribution in [1.82, 2.24) is 0 Å². The molecule has 0 spiro atoms. The standard InChI is InChI=1S/C29H52O8/c1-9-26(21(5)34-26)17-30-13-25(14-31-18-27(10-2)22(6)35-27,15-32-19-28(11-3)23(7)36-28)16-33-20-29(12-4)24(8)37-29/h21-24H,9-20H2,1-8H3. The molecule has 0 N–H and O–H groups in total. The van der Waals surface area contributed by atoms with Crippen LogP contribution in [0.2, 0.25) is 0 Å². The van der Waals surface area contributed by atoms with Crippen molar-refractivity contribution >= 4 is 0 Å². The molecule has 4 heterocycles. The Balaban J connectivity index is 1.41.